The van der Waals surface area contributed by atoms with Gasteiger partial charge in [-0.05, 0) is 29.8 Å². The number of rotatable bonds is 3. The lowest BCUT2D eigenvalue weighted by Gasteiger charge is -2.06. The molecule has 0 aliphatic rings. The molecule has 3 aromatic rings. The summed E-state index contributed by atoms with van der Waals surface area (Å²) in [6, 6.07) is 13.2. The van der Waals surface area contributed by atoms with Gasteiger partial charge in [0.25, 0.3) is 11.5 Å². The van der Waals surface area contributed by atoms with Crippen molar-refractivity contribution in [3.63, 3.8) is 0 Å². The van der Waals surface area contributed by atoms with Crippen LogP contribution >= 0.6 is 0 Å². The number of aromatic hydroxyl groups is 1. The number of para-hydroxylation sites is 1. The summed E-state index contributed by atoms with van der Waals surface area (Å²) in [5.74, 6) is 0.0203. The average Bonchev–Trinajstić information content (AvgIpc) is 2.52. The van der Waals surface area contributed by atoms with Gasteiger partial charge in [-0.25, -0.2) is 10.4 Å². The number of anilines is 1. The first kappa shape index (κ1) is 13.6. The second-order valence-electron chi connectivity index (χ2n) is 4.53. The molecule has 22 heavy (non-hydrogen) atoms. The molecule has 1 heterocycles. The molecule has 3 N–H and O–H groups in total. The van der Waals surface area contributed by atoms with Crippen molar-refractivity contribution in [1.82, 2.24) is 9.71 Å². The molecule has 0 saturated carbocycles. The van der Waals surface area contributed by atoms with Gasteiger partial charge in [-0.1, -0.05) is 24.3 Å². The maximum Gasteiger partial charge on any atom is 0.295 e. The van der Waals surface area contributed by atoms with E-state index in [1.165, 1.54) is 12.3 Å². The van der Waals surface area contributed by atoms with Crippen LogP contribution < -0.4 is 11.0 Å². The van der Waals surface area contributed by atoms with Crippen molar-refractivity contribution in [3.05, 3.63) is 64.4 Å². The van der Waals surface area contributed by atoms with Gasteiger partial charge in [0, 0.05) is 0 Å². The number of benzene rings is 2. The van der Waals surface area contributed by atoms with E-state index in [9.17, 15) is 15.1 Å². The molecule has 0 bridgehead atoms. The first-order valence-corrected chi connectivity index (χ1v) is 6.44. The van der Waals surface area contributed by atoms with Crippen molar-refractivity contribution in [3.8, 4) is 5.75 Å². The van der Waals surface area contributed by atoms with Gasteiger partial charge in [-0.3, -0.25) is 4.79 Å². The Labute approximate surface area is 124 Å². The average molecular weight is 296 g/mol. The van der Waals surface area contributed by atoms with Crippen molar-refractivity contribution in [2.75, 3.05) is 5.43 Å². The fourth-order valence-corrected chi connectivity index (χ4v) is 1.97. The van der Waals surface area contributed by atoms with Crippen LogP contribution in [0.3, 0.4) is 0 Å². The number of nitrogens with zero attached hydrogens (tertiary/aromatic N) is 3. The minimum absolute atomic E-state index is 0.0971. The molecule has 0 saturated heterocycles. The Morgan fingerprint density at radius 2 is 2.00 bits per heavy atom. The zero-order valence-corrected chi connectivity index (χ0v) is 11.3. The second kappa shape index (κ2) is 5.57. The Kier molecular flexibility index (Phi) is 3.45. The number of hydrazone groups is 1. The molecule has 0 amide bonds. The zero-order valence-electron chi connectivity index (χ0n) is 11.3. The summed E-state index contributed by atoms with van der Waals surface area (Å²) >= 11 is 0. The third-order valence-corrected chi connectivity index (χ3v) is 3.00. The summed E-state index contributed by atoms with van der Waals surface area (Å²) in [6.07, 6.45) is 1.43. The molecule has 0 unspecified atom stereocenters. The summed E-state index contributed by atoms with van der Waals surface area (Å²) in [6.45, 7) is 0. The van der Waals surface area contributed by atoms with E-state index >= 15 is 0 Å². The number of nitrogens with one attached hydrogen (secondary N) is 1. The highest BCUT2D eigenvalue weighted by Gasteiger charge is 2.08. The van der Waals surface area contributed by atoms with Crippen molar-refractivity contribution < 1.29 is 10.3 Å². The molecule has 0 spiro atoms. The minimum atomic E-state index is -0.583. The summed E-state index contributed by atoms with van der Waals surface area (Å²) in [5, 5.41) is 23.4. The van der Waals surface area contributed by atoms with Crippen molar-refractivity contribution in [2.45, 2.75) is 0 Å². The number of hydrogen-bond donors (Lipinski definition) is 3. The van der Waals surface area contributed by atoms with E-state index in [0.717, 1.165) is 0 Å². The van der Waals surface area contributed by atoms with E-state index in [1.807, 2.05) is 0 Å². The van der Waals surface area contributed by atoms with Gasteiger partial charge in [-0.15, -0.1) is 4.73 Å². The number of hydrogen-bond acceptors (Lipinski definition) is 6. The molecule has 0 atom stereocenters. The van der Waals surface area contributed by atoms with Crippen LogP contribution in [0.5, 0.6) is 5.75 Å². The topological polar surface area (TPSA) is 99.7 Å². The predicted molar refractivity (Wildman–Crippen MR) is 82.5 cm³/mol. The van der Waals surface area contributed by atoms with Gasteiger partial charge in [-0.2, -0.15) is 5.10 Å². The normalized spacial score (nSPS) is 11.1. The maximum atomic E-state index is 12.0. The summed E-state index contributed by atoms with van der Waals surface area (Å²) in [4.78, 5) is 16.1. The highest BCUT2D eigenvalue weighted by atomic mass is 16.5. The van der Waals surface area contributed by atoms with Crippen LogP contribution in [-0.4, -0.2) is 26.2 Å². The Hall–Kier alpha value is -3.35. The molecule has 110 valence electrons. The lowest BCUT2D eigenvalue weighted by Crippen LogP contribution is -2.22. The van der Waals surface area contributed by atoms with Crippen molar-refractivity contribution >= 4 is 23.1 Å². The number of phenolic OH excluding ortho intramolecular Hbond substituents is 1. The number of aromatic nitrogens is 2. The van der Waals surface area contributed by atoms with E-state index in [1.54, 1.807) is 42.5 Å². The van der Waals surface area contributed by atoms with Gasteiger partial charge in [0.15, 0.2) is 0 Å². The van der Waals surface area contributed by atoms with Crippen molar-refractivity contribution in [1.29, 1.82) is 0 Å². The molecular formula is C15H12N4O3. The minimum Gasteiger partial charge on any atom is -0.508 e. The molecule has 3 rings (SSSR count). The standard InChI is InChI=1S/C15H12N4O3/c20-11-5-3-4-10(8-11)9-16-18-15-17-13-7-2-1-6-12(13)14(21)19(15)22/h1-9,20,22H,(H,17,18)/b16-9+. The molecule has 7 heteroatoms. The Bertz CT molecular complexity index is 918. The lowest BCUT2D eigenvalue weighted by molar-refractivity contribution is 0.179. The van der Waals surface area contributed by atoms with Gasteiger partial charge in [0.05, 0.1) is 17.1 Å². The quantitative estimate of drug-likeness (QED) is 0.389. The SMILES string of the molecule is O=c1c2ccccc2nc(N/N=C/c2cccc(O)c2)n1O. The molecule has 7 nitrogen and oxygen atoms in total. The van der Waals surface area contributed by atoms with Crippen LogP contribution in [0.1, 0.15) is 5.56 Å². The highest BCUT2D eigenvalue weighted by molar-refractivity contribution is 5.81. The Morgan fingerprint density at radius 1 is 1.18 bits per heavy atom. The Morgan fingerprint density at radius 3 is 2.82 bits per heavy atom. The van der Waals surface area contributed by atoms with E-state index < -0.39 is 5.56 Å². The maximum absolute atomic E-state index is 12.0. The van der Waals surface area contributed by atoms with E-state index in [-0.39, 0.29) is 11.7 Å². The van der Waals surface area contributed by atoms with Crippen LogP contribution in [0.25, 0.3) is 10.9 Å². The molecule has 0 radical (unpaired) electrons. The van der Waals surface area contributed by atoms with Gasteiger partial charge in [0.2, 0.25) is 0 Å². The predicted octanol–water partition coefficient (Wildman–Crippen LogP) is 1.79. The van der Waals surface area contributed by atoms with Gasteiger partial charge >= 0.3 is 0 Å². The third kappa shape index (κ3) is 2.59. The summed E-state index contributed by atoms with van der Waals surface area (Å²) in [7, 11) is 0. The van der Waals surface area contributed by atoms with Crippen LogP contribution in [0.15, 0.2) is 58.4 Å². The molecule has 1 aromatic heterocycles. The third-order valence-electron chi connectivity index (χ3n) is 3.00. The molecular weight excluding hydrogens is 284 g/mol. The van der Waals surface area contributed by atoms with Crippen LogP contribution in [-0.2, 0) is 0 Å². The number of fused-ring (bicyclic) bond motifs is 1. The Balaban J connectivity index is 1.91. The highest BCUT2D eigenvalue weighted by Crippen LogP contribution is 2.11. The van der Waals surface area contributed by atoms with E-state index in [4.69, 9.17) is 0 Å². The largest absolute Gasteiger partial charge is 0.508 e. The molecule has 0 aliphatic heterocycles. The van der Waals surface area contributed by atoms with E-state index in [0.29, 0.717) is 21.2 Å². The fraction of sp³-hybridized carbons (Fsp3) is 0. The second-order valence-corrected chi connectivity index (χ2v) is 4.53. The first-order chi connectivity index (χ1) is 10.6. The number of phenols is 1. The fourth-order valence-electron chi connectivity index (χ4n) is 1.97. The first-order valence-electron chi connectivity index (χ1n) is 6.44. The van der Waals surface area contributed by atoms with Gasteiger partial charge in [0.1, 0.15) is 5.75 Å². The van der Waals surface area contributed by atoms with Crippen molar-refractivity contribution in [2.24, 2.45) is 5.10 Å². The summed E-state index contributed by atoms with van der Waals surface area (Å²) < 4.78 is 0.405. The molecule has 2 aromatic carbocycles. The van der Waals surface area contributed by atoms with Gasteiger partial charge < -0.3 is 10.3 Å². The van der Waals surface area contributed by atoms with Crippen LogP contribution in [0.4, 0.5) is 5.95 Å². The molecule has 0 aliphatic carbocycles. The monoisotopic (exact) mass is 296 g/mol. The van der Waals surface area contributed by atoms with E-state index in [2.05, 4.69) is 15.5 Å². The molecule has 0 fully saturated rings. The lowest BCUT2D eigenvalue weighted by atomic mass is 10.2. The van der Waals surface area contributed by atoms with Crippen LogP contribution in [0.2, 0.25) is 0 Å². The zero-order chi connectivity index (χ0) is 15.5. The van der Waals surface area contributed by atoms with Crippen LogP contribution in [0, 0.1) is 0 Å². The summed E-state index contributed by atoms with van der Waals surface area (Å²) in [5.41, 5.74) is 3.03. The smallest absolute Gasteiger partial charge is 0.295 e.